The minimum atomic E-state index is 0.333. The average molecular weight is 321 g/mol. The van der Waals surface area contributed by atoms with Gasteiger partial charge in [0.05, 0.1) is 18.3 Å². The molecule has 1 atom stereocenters. The molecule has 116 valence electrons. The molecule has 4 aromatic rings. The normalized spacial score (nSPS) is 12.9. The Morgan fingerprint density at radius 3 is 2.91 bits per heavy atom. The quantitative estimate of drug-likeness (QED) is 0.582. The summed E-state index contributed by atoms with van der Waals surface area (Å²) >= 11 is 1.82. The monoisotopic (exact) mass is 321 g/mol. The molecule has 4 heteroatoms. The maximum Gasteiger partial charge on any atom is 0.0682 e. The molecule has 1 unspecified atom stereocenters. The van der Waals surface area contributed by atoms with Crippen molar-refractivity contribution in [3.8, 4) is 0 Å². The summed E-state index contributed by atoms with van der Waals surface area (Å²) < 4.78 is 3.46. The smallest absolute Gasteiger partial charge is 0.0682 e. The van der Waals surface area contributed by atoms with Gasteiger partial charge in [-0.1, -0.05) is 36.4 Å². The second-order valence-corrected chi connectivity index (χ2v) is 6.70. The van der Waals surface area contributed by atoms with Gasteiger partial charge in [-0.25, -0.2) is 0 Å². The average Bonchev–Trinajstić information content (AvgIpc) is 3.21. The molecule has 0 aliphatic heterocycles. The first-order valence-electron chi connectivity index (χ1n) is 7.93. The maximum absolute atomic E-state index is 4.49. The number of hydrogen-bond donors (Lipinski definition) is 1. The van der Waals surface area contributed by atoms with Crippen molar-refractivity contribution in [3.05, 3.63) is 65.7 Å². The molecular formula is C19H19N3S. The molecule has 3 nitrogen and oxygen atoms in total. The van der Waals surface area contributed by atoms with Crippen molar-refractivity contribution in [2.75, 3.05) is 6.54 Å². The minimum Gasteiger partial charge on any atom is -0.308 e. The summed E-state index contributed by atoms with van der Waals surface area (Å²) in [4.78, 5) is 0. The number of thiophene rings is 1. The van der Waals surface area contributed by atoms with Gasteiger partial charge < -0.3 is 5.32 Å². The number of hydrogen-bond acceptors (Lipinski definition) is 3. The number of nitrogens with zero attached hydrogens (tertiary/aromatic N) is 2. The highest BCUT2D eigenvalue weighted by Crippen LogP contribution is 2.28. The predicted molar refractivity (Wildman–Crippen MR) is 98.0 cm³/mol. The van der Waals surface area contributed by atoms with E-state index in [4.69, 9.17) is 0 Å². The predicted octanol–water partition coefficient (Wildman–Crippen LogP) is 4.60. The number of nitrogens with one attached hydrogen (secondary N) is 1. The van der Waals surface area contributed by atoms with Gasteiger partial charge in [0.15, 0.2) is 0 Å². The second kappa shape index (κ2) is 6.14. The van der Waals surface area contributed by atoms with E-state index in [1.54, 1.807) is 0 Å². The zero-order valence-electron chi connectivity index (χ0n) is 13.1. The molecule has 2 heterocycles. The standard InChI is InChI=1S/C19H19N3S/c1-14(17-7-4-6-15-9-12-23-19(15)17)20-10-11-22-18-8-3-2-5-16(18)13-21-22/h2-9,12-14,20H,10-11H2,1H3. The Morgan fingerprint density at radius 2 is 1.96 bits per heavy atom. The Bertz CT molecular complexity index is 938. The SMILES string of the molecule is CC(NCCn1ncc2ccccc21)c1cccc2ccsc12. The van der Waals surface area contributed by atoms with Gasteiger partial charge in [0.1, 0.15) is 0 Å². The Morgan fingerprint density at radius 1 is 1.09 bits per heavy atom. The summed E-state index contributed by atoms with van der Waals surface area (Å²) in [7, 11) is 0. The van der Waals surface area contributed by atoms with Gasteiger partial charge in [-0.15, -0.1) is 11.3 Å². The molecule has 0 radical (unpaired) electrons. The van der Waals surface area contributed by atoms with Gasteiger partial charge in [0.25, 0.3) is 0 Å². The van der Waals surface area contributed by atoms with Crippen molar-refractivity contribution >= 4 is 32.3 Å². The van der Waals surface area contributed by atoms with Crippen LogP contribution in [-0.2, 0) is 6.54 Å². The van der Waals surface area contributed by atoms with E-state index in [0.29, 0.717) is 6.04 Å². The first kappa shape index (κ1) is 14.4. The van der Waals surface area contributed by atoms with Crippen LogP contribution in [0.25, 0.3) is 21.0 Å². The topological polar surface area (TPSA) is 29.9 Å². The largest absolute Gasteiger partial charge is 0.308 e. The second-order valence-electron chi connectivity index (χ2n) is 5.79. The summed E-state index contributed by atoms with van der Waals surface area (Å²) in [6, 6.07) is 17.4. The van der Waals surface area contributed by atoms with E-state index < -0.39 is 0 Å². The molecule has 0 amide bonds. The van der Waals surface area contributed by atoms with E-state index in [0.717, 1.165) is 13.1 Å². The van der Waals surface area contributed by atoms with Crippen LogP contribution in [0.1, 0.15) is 18.5 Å². The molecule has 2 aromatic carbocycles. The lowest BCUT2D eigenvalue weighted by molar-refractivity contribution is 0.517. The molecule has 2 aromatic heterocycles. The van der Waals surface area contributed by atoms with E-state index in [2.05, 4.69) is 75.9 Å². The summed E-state index contributed by atoms with van der Waals surface area (Å²) in [6.45, 7) is 4.00. The first-order chi connectivity index (χ1) is 11.3. The molecule has 0 aliphatic rings. The maximum atomic E-state index is 4.49. The van der Waals surface area contributed by atoms with Crippen molar-refractivity contribution in [2.45, 2.75) is 19.5 Å². The zero-order chi connectivity index (χ0) is 15.6. The van der Waals surface area contributed by atoms with Crippen molar-refractivity contribution in [1.29, 1.82) is 0 Å². The van der Waals surface area contributed by atoms with Crippen LogP contribution < -0.4 is 5.32 Å². The fourth-order valence-corrected chi connectivity index (χ4v) is 4.06. The van der Waals surface area contributed by atoms with Crippen LogP contribution >= 0.6 is 11.3 Å². The summed E-state index contributed by atoms with van der Waals surface area (Å²) in [5, 5.41) is 12.8. The van der Waals surface area contributed by atoms with Crippen LogP contribution in [0.15, 0.2) is 60.1 Å². The van der Waals surface area contributed by atoms with Crippen LogP contribution in [0.5, 0.6) is 0 Å². The minimum absolute atomic E-state index is 0.333. The summed E-state index contributed by atoms with van der Waals surface area (Å²) in [5.74, 6) is 0. The lowest BCUT2D eigenvalue weighted by Gasteiger charge is -2.15. The van der Waals surface area contributed by atoms with Gasteiger partial charge in [-0.2, -0.15) is 5.10 Å². The molecule has 4 rings (SSSR count). The van der Waals surface area contributed by atoms with Gasteiger partial charge in [0.2, 0.25) is 0 Å². The molecule has 0 aliphatic carbocycles. The Kier molecular flexibility index (Phi) is 3.85. The van der Waals surface area contributed by atoms with Gasteiger partial charge in [-0.05, 0) is 35.4 Å². The van der Waals surface area contributed by atoms with Crippen molar-refractivity contribution in [1.82, 2.24) is 15.1 Å². The molecule has 0 saturated heterocycles. The zero-order valence-corrected chi connectivity index (χ0v) is 13.9. The summed E-state index contributed by atoms with van der Waals surface area (Å²) in [6.07, 6.45) is 1.94. The van der Waals surface area contributed by atoms with Crippen molar-refractivity contribution in [2.24, 2.45) is 0 Å². The highest BCUT2D eigenvalue weighted by Gasteiger charge is 2.10. The lowest BCUT2D eigenvalue weighted by atomic mass is 10.1. The molecule has 0 saturated carbocycles. The Hall–Kier alpha value is -2.17. The molecular weight excluding hydrogens is 302 g/mol. The lowest BCUT2D eigenvalue weighted by Crippen LogP contribution is -2.23. The summed E-state index contributed by atoms with van der Waals surface area (Å²) in [5.41, 5.74) is 2.57. The third-order valence-electron chi connectivity index (χ3n) is 4.30. The van der Waals surface area contributed by atoms with E-state index in [1.807, 2.05) is 17.5 Å². The number of fused-ring (bicyclic) bond motifs is 2. The molecule has 0 spiro atoms. The number of para-hydroxylation sites is 1. The Labute approximate surface area is 139 Å². The van der Waals surface area contributed by atoms with E-state index in [-0.39, 0.29) is 0 Å². The Balaban J connectivity index is 1.46. The van der Waals surface area contributed by atoms with Crippen LogP contribution in [0.3, 0.4) is 0 Å². The van der Waals surface area contributed by atoms with Gasteiger partial charge >= 0.3 is 0 Å². The third-order valence-corrected chi connectivity index (χ3v) is 5.28. The number of rotatable bonds is 5. The van der Waals surface area contributed by atoms with Crippen molar-refractivity contribution < 1.29 is 0 Å². The van der Waals surface area contributed by atoms with E-state index in [9.17, 15) is 0 Å². The fraction of sp³-hybridized carbons (Fsp3) is 0.211. The van der Waals surface area contributed by atoms with Crippen LogP contribution in [0.4, 0.5) is 0 Å². The third kappa shape index (κ3) is 2.76. The molecule has 0 bridgehead atoms. The number of benzene rings is 2. The highest BCUT2D eigenvalue weighted by molar-refractivity contribution is 7.17. The van der Waals surface area contributed by atoms with Crippen molar-refractivity contribution in [3.63, 3.8) is 0 Å². The van der Waals surface area contributed by atoms with E-state index >= 15 is 0 Å². The molecule has 1 N–H and O–H groups in total. The fourth-order valence-electron chi connectivity index (χ4n) is 3.06. The van der Waals surface area contributed by atoms with E-state index in [1.165, 1.54) is 26.6 Å². The van der Waals surface area contributed by atoms with Crippen LogP contribution in [0, 0.1) is 0 Å². The van der Waals surface area contributed by atoms with Gasteiger partial charge in [-0.3, -0.25) is 4.68 Å². The van der Waals surface area contributed by atoms with Gasteiger partial charge in [0, 0.05) is 22.7 Å². The highest BCUT2D eigenvalue weighted by atomic mass is 32.1. The van der Waals surface area contributed by atoms with Crippen LogP contribution in [0.2, 0.25) is 0 Å². The number of aromatic nitrogens is 2. The first-order valence-corrected chi connectivity index (χ1v) is 8.81. The van der Waals surface area contributed by atoms with Crippen LogP contribution in [-0.4, -0.2) is 16.3 Å². The molecule has 23 heavy (non-hydrogen) atoms. The molecule has 0 fully saturated rings.